The van der Waals surface area contributed by atoms with Crippen LogP contribution in [0.2, 0.25) is 0 Å². The fourth-order valence-electron chi connectivity index (χ4n) is 3.81. The van der Waals surface area contributed by atoms with Crippen LogP contribution >= 0.6 is 0 Å². The Morgan fingerprint density at radius 3 is 2.92 bits per heavy atom. The minimum atomic E-state index is 0.0603. The van der Waals surface area contributed by atoms with Crippen LogP contribution in [0.5, 0.6) is 0 Å². The lowest BCUT2D eigenvalue weighted by atomic mass is 9.90. The highest BCUT2D eigenvalue weighted by molar-refractivity contribution is 5.95. The van der Waals surface area contributed by atoms with Crippen LogP contribution in [0.25, 0.3) is 0 Å². The fraction of sp³-hybridized carbons (Fsp3) is 0.333. The van der Waals surface area contributed by atoms with Gasteiger partial charge >= 0.3 is 0 Å². The van der Waals surface area contributed by atoms with E-state index in [1.54, 1.807) is 12.3 Å². The number of aryl methyl sites for hydroxylation is 1. The zero-order chi connectivity index (χ0) is 17.9. The molecule has 1 aromatic carbocycles. The molecule has 1 unspecified atom stereocenters. The number of nitrogens with one attached hydrogen (secondary N) is 1. The maximum absolute atomic E-state index is 12.8. The number of likely N-dealkylation sites (tertiary alicyclic amines) is 1. The van der Waals surface area contributed by atoms with E-state index in [9.17, 15) is 4.79 Å². The third-order valence-corrected chi connectivity index (χ3v) is 5.19. The van der Waals surface area contributed by atoms with Crippen LogP contribution < -0.4 is 0 Å². The second-order valence-electron chi connectivity index (χ2n) is 6.95. The van der Waals surface area contributed by atoms with E-state index in [0.717, 1.165) is 31.5 Å². The van der Waals surface area contributed by atoms with Crippen molar-refractivity contribution in [2.75, 3.05) is 13.1 Å². The molecule has 1 atom stereocenters. The molecule has 1 saturated heterocycles. The molecule has 3 heterocycles. The summed E-state index contributed by atoms with van der Waals surface area (Å²) in [6.45, 7) is 3.34. The van der Waals surface area contributed by atoms with E-state index in [1.165, 1.54) is 11.1 Å². The van der Waals surface area contributed by atoms with Gasteiger partial charge in [0.15, 0.2) is 0 Å². The number of hydrogen-bond acceptors (Lipinski definition) is 3. The van der Waals surface area contributed by atoms with Gasteiger partial charge in [-0.25, -0.2) is 0 Å². The van der Waals surface area contributed by atoms with Crippen molar-refractivity contribution in [3.05, 3.63) is 77.0 Å². The van der Waals surface area contributed by atoms with Gasteiger partial charge in [0.25, 0.3) is 5.91 Å². The van der Waals surface area contributed by atoms with E-state index in [1.807, 2.05) is 24.1 Å². The van der Waals surface area contributed by atoms with Crippen LogP contribution in [0, 0.1) is 6.92 Å². The molecular formula is C21H23N3O2. The summed E-state index contributed by atoms with van der Waals surface area (Å²) in [5.74, 6) is 1.04. The molecule has 1 aliphatic heterocycles. The van der Waals surface area contributed by atoms with Gasteiger partial charge in [-0.2, -0.15) is 5.10 Å². The average Bonchev–Trinajstić information content (AvgIpc) is 3.31. The number of carbonyl (C=O) groups is 1. The number of amides is 1. The molecule has 5 nitrogen and oxygen atoms in total. The van der Waals surface area contributed by atoms with E-state index >= 15 is 0 Å². The van der Waals surface area contributed by atoms with Crippen molar-refractivity contribution in [3.63, 3.8) is 0 Å². The molecule has 1 aliphatic rings. The van der Waals surface area contributed by atoms with Crippen LogP contribution in [0.1, 0.15) is 51.7 Å². The molecule has 5 heteroatoms. The van der Waals surface area contributed by atoms with Crippen molar-refractivity contribution in [1.29, 1.82) is 0 Å². The van der Waals surface area contributed by atoms with Crippen molar-refractivity contribution in [1.82, 2.24) is 15.1 Å². The Bertz CT molecular complexity index is 882. The van der Waals surface area contributed by atoms with Crippen molar-refractivity contribution < 1.29 is 9.21 Å². The van der Waals surface area contributed by atoms with Gasteiger partial charge in [0, 0.05) is 31.1 Å². The highest BCUT2D eigenvalue weighted by Crippen LogP contribution is 2.30. The van der Waals surface area contributed by atoms with Crippen LogP contribution in [-0.2, 0) is 6.42 Å². The van der Waals surface area contributed by atoms with Gasteiger partial charge in [0.1, 0.15) is 5.76 Å². The Morgan fingerprint density at radius 1 is 1.31 bits per heavy atom. The molecule has 1 amide bonds. The third kappa shape index (κ3) is 3.29. The zero-order valence-corrected chi connectivity index (χ0v) is 14.9. The first kappa shape index (κ1) is 16.6. The first-order valence-electron chi connectivity index (χ1n) is 9.12. The molecule has 0 spiro atoms. The summed E-state index contributed by atoms with van der Waals surface area (Å²) in [4.78, 5) is 14.8. The lowest BCUT2D eigenvalue weighted by molar-refractivity contribution is 0.0704. The first-order valence-corrected chi connectivity index (χ1v) is 9.12. The quantitative estimate of drug-likeness (QED) is 0.776. The first-order chi connectivity index (χ1) is 12.7. The van der Waals surface area contributed by atoms with Gasteiger partial charge in [-0.15, -0.1) is 0 Å². The van der Waals surface area contributed by atoms with E-state index in [2.05, 4.69) is 34.5 Å². The van der Waals surface area contributed by atoms with E-state index in [0.29, 0.717) is 23.8 Å². The van der Waals surface area contributed by atoms with Crippen LogP contribution in [-0.4, -0.2) is 34.1 Å². The zero-order valence-electron chi connectivity index (χ0n) is 14.9. The number of carbonyl (C=O) groups excluding carboxylic acids is 1. The molecule has 134 valence electrons. The van der Waals surface area contributed by atoms with Crippen LogP contribution in [0.4, 0.5) is 0 Å². The largest absolute Gasteiger partial charge is 0.469 e. The highest BCUT2D eigenvalue weighted by atomic mass is 16.3. The number of benzene rings is 1. The van der Waals surface area contributed by atoms with Crippen molar-refractivity contribution in [3.8, 4) is 0 Å². The molecule has 1 N–H and O–H groups in total. The Labute approximate surface area is 153 Å². The summed E-state index contributed by atoms with van der Waals surface area (Å²) in [6, 6.07) is 12.2. The predicted octanol–water partition coefficient (Wildman–Crippen LogP) is 3.92. The van der Waals surface area contributed by atoms with Crippen LogP contribution in [0.3, 0.4) is 0 Å². The fourth-order valence-corrected chi connectivity index (χ4v) is 3.81. The summed E-state index contributed by atoms with van der Waals surface area (Å²) in [5.41, 5.74) is 4.32. The number of furan rings is 1. The van der Waals surface area contributed by atoms with Gasteiger partial charge in [-0.05, 0) is 37.0 Å². The van der Waals surface area contributed by atoms with E-state index < -0.39 is 0 Å². The Hall–Kier alpha value is -2.82. The normalized spacial score (nSPS) is 17.4. The smallest absolute Gasteiger partial charge is 0.257 e. The second-order valence-corrected chi connectivity index (χ2v) is 6.95. The number of nitrogens with zero attached hydrogens (tertiary/aromatic N) is 2. The lowest BCUT2D eigenvalue weighted by Gasteiger charge is -2.32. The molecule has 0 aliphatic carbocycles. The molecule has 0 bridgehead atoms. The molecule has 3 aromatic rings. The van der Waals surface area contributed by atoms with Gasteiger partial charge in [0.05, 0.1) is 18.0 Å². The number of H-pyrrole nitrogens is 1. The molecule has 26 heavy (non-hydrogen) atoms. The maximum Gasteiger partial charge on any atom is 0.257 e. The summed E-state index contributed by atoms with van der Waals surface area (Å²) in [7, 11) is 0. The summed E-state index contributed by atoms with van der Waals surface area (Å²) in [5, 5.41) is 7.48. The predicted molar refractivity (Wildman–Crippen MR) is 99.2 cm³/mol. The standard InChI is InChI=1S/C21H23N3O2/c1-15-19(9-11-26-15)21(25)24-10-5-8-17(14-24)20-18(13-22-23-20)12-16-6-3-2-4-7-16/h2-4,6-7,9,11,13,17H,5,8,10,12,14H2,1H3,(H,22,23). The molecule has 0 saturated carbocycles. The molecule has 0 radical (unpaired) electrons. The van der Waals surface area contributed by atoms with Gasteiger partial charge in [0.2, 0.25) is 0 Å². The van der Waals surface area contributed by atoms with Crippen LogP contribution in [0.15, 0.2) is 53.3 Å². The Morgan fingerprint density at radius 2 is 2.15 bits per heavy atom. The topological polar surface area (TPSA) is 62.1 Å². The second kappa shape index (κ2) is 7.20. The van der Waals surface area contributed by atoms with E-state index in [-0.39, 0.29) is 5.91 Å². The third-order valence-electron chi connectivity index (χ3n) is 5.19. The number of hydrogen-bond donors (Lipinski definition) is 1. The summed E-state index contributed by atoms with van der Waals surface area (Å²) >= 11 is 0. The molecule has 2 aromatic heterocycles. The number of rotatable bonds is 4. The number of piperidine rings is 1. The molecular weight excluding hydrogens is 326 g/mol. The minimum absolute atomic E-state index is 0.0603. The number of aromatic nitrogens is 2. The van der Waals surface area contributed by atoms with E-state index in [4.69, 9.17) is 4.42 Å². The molecule has 1 fully saturated rings. The maximum atomic E-state index is 12.8. The Balaban J connectivity index is 1.51. The number of aromatic amines is 1. The summed E-state index contributed by atoms with van der Waals surface area (Å²) < 4.78 is 5.30. The minimum Gasteiger partial charge on any atom is -0.469 e. The SMILES string of the molecule is Cc1occc1C(=O)N1CCCC(c2[nH]ncc2Cc2ccccc2)C1. The molecule has 4 rings (SSSR count). The van der Waals surface area contributed by atoms with Gasteiger partial charge in [-0.1, -0.05) is 30.3 Å². The van der Waals surface area contributed by atoms with Crippen molar-refractivity contribution in [2.24, 2.45) is 0 Å². The van der Waals surface area contributed by atoms with Gasteiger partial charge < -0.3 is 9.32 Å². The average molecular weight is 349 g/mol. The summed E-state index contributed by atoms with van der Waals surface area (Å²) in [6.07, 6.45) is 6.42. The highest BCUT2D eigenvalue weighted by Gasteiger charge is 2.29. The van der Waals surface area contributed by atoms with Crippen molar-refractivity contribution in [2.45, 2.75) is 32.1 Å². The lowest BCUT2D eigenvalue weighted by Crippen LogP contribution is -2.39. The monoisotopic (exact) mass is 349 g/mol. The Kier molecular flexibility index (Phi) is 4.61. The van der Waals surface area contributed by atoms with Gasteiger partial charge in [-0.3, -0.25) is 9.89 Å². The van der Waals surface area contributed by atoms with Crippen molar-refractivity contribution >= 4 is 5.91 Å².